The van der Waals surface area contributed by atoms with E-state index >= 15 is 0 Å². The molecule has 0 aliphatic carbocycles. The third-order valence-electron chi connectivity index (χ3n) is 4.82. The Morgan fingerprint density at radius 1 is 1.23 bits per heavy atom. The number of nitrogens with one attached hydrogen (secondary N) is 1. The highest BCUT2D eigenvalue weighted by molar-refractivity contribution is 8.00. The number of carbonyl (C=O) groups is 1. The largest absolute Gasteiger partial charge is 0.497 e. The molecule has 0 aliphatic heterocycles. The van der Waals surface area contributed by atoms with E-state index in [-0.39, 0.29) is 11.7 Å². The van der Waals surface area contributed by atoms with E-state index in [2.05, 4.69) is 24.1 Å². The Labute approximate surface area is 184 Å². The molecule has 0 atom stereocenters. The zero-order valence-electron chi connectivity index (χ0n) is 18.3. The van der Waals surface area contributed by atoms with Gasteiger partial charge < -0.3 is 10.1 Å². The molecule has 1 aromatic carbocycles. The van der Waals surface area contributed by atoms with Gasteiger partial charge in [-0.05, 0) is 30.0 Å². The summed E-state index contributed by atoms with van der Waals surface area (Å²) in [6.07, 6.45) is 2.40. The van der Waals surface area contributed by atoms with Crippen LogP contribution in [0.25, 0.3) is 11.0 Å². The molecule has 2 heterocycles. The molecule has 0 aliphatic rings. The number of aromatic nitrogens is 3. The molecule has 0 radical (unpaired) electrons. The molecule has 0 saturated heterocycles. The molecule has 0 bridgehead atoms. The third-order valence-corrected chi connectivity index (χ3v) is 5.99. The SMILES string of the molecule is COc1cccc(NC(=O)CSc2c(CC(C)C)cnc3c2c(=O)n(C)c(=O)n3C)c1. The number of thioether (sulfide) groups is 1. The lowest BCUT2D eigenvalue weighted by Crippen LogP contribution is -2.37. The standard InChI is InChI=1S/C22H26N4O4S/c1-13(2)9-14-11-23-20-18(21(28)26(4)22(29)25(20)3)19(14)31-12-17(27)24-15-7-6-8-16(10-15)30-5/h6-8,10-11,13H,9,12H2,1-5H3,(H,24,27). The number of ether oxygens (including phenoxy) is 1. The highest BCUT2D eigenvalue weighted by atomic mass is 32.2. The van der Waals surface area contributed by atoms with E-state index in [0.29, 0.717) is 39.7 Å². The van der Waals surface area contributed by atoms with Crippen LogP contribution in [-0.4, -0.2) is 32.9 Å². The van der Waals surface area contributed by atoms with E-state index in [0.717, 1.165) is 10.1 Å². The molecular formula is C22H26N4O4S. The van der Waals surface area contributed by atoms with Crippen molar-refractivity contribution in [2.45, 2.75) is 25.2 Å². The van der Waals surface area contributed by atoms with E-state index in [4.69, 9.17) is 4.74 Å². The summed E-state index contributed by atoms with van der Waals surface area (Å²) in [5.74, 6) is 0.878. The molecule has 2 aromatic heterocycles. The predicted molar refractivity (Wildman–Crippen MR) is 123 cm³/mol. The Morgan fingerprint density at radius 2 is 1.97 bits per heavy atom. The van der Waals surface area contributed by atoms with Crippen molar-refractivity contribution in [3.8, 4) is 5.75 Å². The highest BCUT2D eigenvalue weighted by Gasteiger charge is 2.19. The number of fused-ring (bicyclic) bond motifs is 1. The number of hydrogen-bond acceptors (Lipinski definition) is 6. The molecular weight excluding hydrogens is 416 g/mol. The fourth-order valence-electron chi connectivity index (χ4n) is 3.33. The Balaban J connectivity index is 1.98. The molecule has 0 unspecified atom stereocenters. The van der Waals surface area contributed by atoms with Crippen LogP contribution in [0.2, 0.25) is 0 Å². The number of aryl methyl sites for hydroxylation is 1. The summed E-state index contributed by atoms with van der Waals surface area (Å²) in [5, 5.41) is 3.21. The lowest BCUT2D eigenvalue weighted by molar-refractivity contribution is -0.113. The van der Waals surface area contributed by atoms with E-state index in [1.807, 2.05) is 0 Å². The van der Waals surface area contributed by atoms with Crippen molar-refractivity contribution in [2.24, 2.45) is 20.0 Å². The first-order valence-electron chi connectivity index (χ1n) is 9.87. The van der Waals surface area contributed by atoms with Crippen molar-refractivity contribution < 1.29 is 9.53 Å². The molecule has 1 amide bonds. The van der Waals surface area contributed by atoms with E-state index < -0.39 is 11.2 Å². The van der Waals surface area contributed by atoms with Crippen molar-refractivity contribution in [1.82, 2.24) is 14.1 Å². The van der Waals surface area contributed by atoms with Crippen LogP contribution in [0.4, 0.5) is 5.69 Å². The van der Waals surface area contributed by atoms with Gasteiger partial charge in [-0.15, -0.1) is 11.8 Å². The number of anilines is 1. The van der Waals surface area contributed by atoms with Gasteiger partial charge in [-0.2, -0.15) is 0 Å². The fraction of sp³-hybridized carbons (Fsp3) is 0.364. The maximum absolute atomic E-state index is 12.9. The lowest BCUT2D eigenvalue weighted by atomic mass is 10.0. The molecule has 1 N–H and O–H groups in total. The summed E-state index contributed by atoms with van der Waals surface area (Å²) < 4.78 is 7.61. The van der Waals surface area contributed by atoms with Crippen LogP contribution >= 0.6 is 11.8 Å². The average molecular weight is 443 g/mol. The first-order valence-corrected chi connectivity index (χ1v) is 10.9. The van der Waals surface area contributed by atoms with Crippen molar-refractivity contribution in [3.05, 3.63) is 56.9 Å². The van der Waals surface area contributed by atoms with Gasteiger partial charge in [-0.25, -0.2) is 9.78 Å². The van der Waals surface area contributed by atoms with Crippen molar-refractivity contribution in [1.29, 1.82) is 0 Å². The van der Waals surface area contributed by atoms with Crippen LogP contribution in [0.1, 0.15) is 19.4 Å². The highest BCUT2D eigenvalue weighted by Crippen LogP contribution is 2.30. The minimum Gasteiger partial charge on any atom is -0.497 e. The fourth-order valence-corrected chi connectivity index (χ4v) is 4.32. The zero-order chi connectivity index (χ0) is 22.7. The molecule has 0 fully saturated rings. The smallest absolute Gasteiger partial charge is 0.332 e. The molecule has 8 nitrogen and oxygen atoms in total. The van der Waals surface area contributed by atoms with Gasteiger partial charge in [0.1, 0.15) is 11.4 Å². The number of pyridine rings is 1. The number of hydrogen-bond donors (Lipinski definition) is 1. The molecule has 3 rings (SSSR count). The average Bonchev–Trinajstić information content (AvgIpc) is 2.74. The molecule has 0 spiro atoms. The number of nitrogens with zero attached hydrogens (tertiary/aromatic N) is 3. The lowest BCUT2D eigenvalue weighted by Gasteiger charge is -2.15. The van der Waals surface area contributed by atoms with E-state index in [1.165, 1.54) is 23.4 Å². The van der Waals surface area contributed by atoms with E-state index in [1.54, 1.807) is 44.6 Å². The summed E-state index contributed by atoms with van der Waals surface area (Å²) in [6, 6.07) is 7.11. The number of rotatable bonds is 7. The Morgan fingerprint density at radius 3 is 2.65 bits per heavy atom. The normalized spacial score (nSPS) is 11.2. The number of benzene rings is 1. The van der Waals surface area contributed by atoms with Crippen molar-refractivity contribution in [2.75, 3.05) is 18.2 Å². The van der Waals surface area contributed by atoms with Gasteiger partial charge in [0, 0.05) is 36.9 Å². The second kappa shape index (κ2) is 9.38. The van der Waals surface area contributed by atoms with Gasteiger partial charge >= 0.3 is 5.69 Å². The van der Waals surface area contributed by atoms with Gasteiger partial charge in [0.2, 0.25) is 5.91 Å². The van der Waals surface area contributed by atoms with Crippen LogP contribution < -0.4 is 21.3 Å². The van der Waals surface area contributed by atoms with Crippen LogP contribution in [0.15, 0.2) is 44.9 Å². The van der Waals surface area contributed by atoms with Gasteiger partial charge in [-0.1, -0.05) is 19.9 Å². The van der Waals surface area contributed by atoms with Crippen LogP contribution in [0.3, 0.4) is 0 Å². The minimum absolute atomic E-state index is 0.105. The summed E-state index contributed by atoms with van der Waals surface area (Å²) in [4.78, 5) is 42.9. The first kappa shape index (κ1) is 22.6. The Kier molecular flexibility index (Phi) is 6.84. The molecule has 9 heteroatoms. The number of amides is 1. The monoisotopic (exact) mass is 442 g/mol. The van der Waals surface area contributed by atoms with Gasteiger partial charge in [0.15, 0.2) is 0 Å². The Hall–Kier alpha value is -3.07. The number of methoxy groups -OCH3 is 1. The molecule has 164 valence electrons. The number of carbonyl (C=O) groups excluding carboxylic acids is 1. The topological polar surface area (TPSA) is 95.2 Å². The molecule has 3 aromatic rings. The first-order chi connectivity index (χ1) is 14.7. The summed E-state index contributed by atoms with van der Waals surface area (Å²) in [7, 11) is 4.60. The molecule has 0 saturated carbocycles. The zero-order valence-corrected chi connectivity index (χ0v) is 19.1. The second-order valence-corrected chi connectivity index (χ2v) is 8.67. The summed E-state index contributed by atoms with van der Waals surface area (Å²) in [6.45, 7) is 4.15. The predicted octanol–water partition coefficient (Wildman–Crippen LogP) is 2.57. The van der Waals surface area contributed by atoms with Gasteiger partial charge in [0.25, 0.3) is 5.56 Å². The van der Waals surface area contributed by atoms with Gasteiger partial charge in [0.05, 0.1) is 18.2 Å². The van der Waals surface area contributed by atoms with Crippen molar-refractivity contribution in [3.63, 3.8) is 0 Å². The van der Waals surface area contributed by atoms with Crippen LogP contribution in [0.5, 0.6) is 5.75 Å². The van der Waals surface area contributed by atoms with Crippen LogP contribution in [0, 0.1) is 5.92 Å². The van der Waals surface area contributed by atoms with Crippen molar-refractivity contribution >= 4 is 34.4 Å². The quantitative estimate of drug-likeness (QED) is 0.565. The summed E-state index contributed by atoms with van der Waals surface area (Å²) >= 11 is 1.28. The van der Waals surface area contributed by atoms with Crippen LogP contribution in [-0.2, 0) is 25.3 Å². The Bertz CT molecular complexity index is 1250. The minimum atomic E-state index is -0.437. The van der Waals surface area contributed by atoms with Gasteiger partial charge in [-0.3, -0.25) is 18.7 Å². The summed E-state index contributed by atoms with van der Waals surface area (Å²) in [5.41, 5.74) is 0.985. The third kappa shape index (κ3) is 4.82. The molecule has 31 heavy (non-hydrogen) atoms. The van der Waals surface area contributed by atoms with E-state index in [9.17, 15) is 14.4 Å². The second-order valence-electron chi connectivity index (χ2n) is 7.68. The maximum atomic E-state index is 12.9. The maximum Gasteiger partial charge on any atom is 0.332 e.